The van der Waals surface area contributed by atoms with Crippen molar-refractivity contribution in [1.82, 2.24) is 0 Å². The molecule has 26 heavy (non-hydrogen) atoms. The lowest BCUT2D eigenvalue weighted by atomic mass is 10.1. The number of nitrogens with one attached hydrogen (secondary N) is 2. The molecule has 140 valence electrons. The molecule has 0 atom stereocenters. The van der Waals surface area contributed by atoms with Gasteiger partial charge in [0.1, 0.15) is 5.75 Å². The van der Waals surface area contributed by atoms with Crippen molar-refractivity contribution >= 4 is 27.3 Å². The van der Waals surface area contributed by atoms with Gasteiger partial charge in [-0.3, -0.25) is 9.52 Å². The minimum Gasteiger partial charge on any atom is -0.491 e. The summed E-state index contributed by atoms with van der Waals surface area (Å²) in [6.07, 6.45) is 0.00782. The highest BCUT2D eigenvalue weighted by Crippen LogP contribution is 2.28. The zero-order valence-corrected chi connectivity index (χ0v) is 16.4. The lowest BCUT2D eigenvalue weighted by Crippen LogP contribution is -2.15. The summed E-state index contributed by atoms with van der Waals surface area (Å²) in [5, 5.41) is 2.68. The summed E-state index contributed by atoms with van der Waals surface area (Å²) in [5.41, 5.74) is 2.36. The highest BCUT2D eigenvalue weighted by atomic mass is 32.2. The van der Waals surface area contributed by atoms with Gasteiger partial charge in [0.15, 0.2) is 0 Å². The largest absolute Gasteiger partial charge is 0.491 e. The Morgan fingerprint density at radius 2 is 1.73 bits per heavy atom. The molecule has 0 aliphatic rings. The molecule has 6 nitrogen and oxygen atoms in total. The van der Waals surface area contributed by atoms with E-state index in [2.05, 4.69) is 10.0 Å². The minimum absolute atomic E-state index is 0.00782. The second-order valence-corrected chi connectivity index (χ2v) is 8.04. The van der Waals surface area contributed by atoms with Crippen LogP contribution < -0.4 is 14.8 Å². The number of ether oxygens (including phenoxy) is 1. The molecule has 0 saturated carbocycles. The van der Waals surface area contributed by atoms with Crippen molar-refractivity contribution in [3.63, 3.8) is 0 Å². The number of hydrogen-bond donors (Lipinski definition) is 2. The number of benzene rings is 2. The van der Waals surface area contributed by atoms with Crippen molar-refractivity contribution < 1.29 is 17.9 Å². The topological polar surface area (TPSA) is 84.5 Å². The third-order valence-corrected chi connectivity index (χ3v) is 5.07. The fourth-order valence-electron chi connectivity index (χ4n) is 2.45. The number of carbonyl (C=O) groups is 1. The summed E-state index contributed by atoms with van der Waals surface area (Å²) in [7, 11) is -3.77. The van der Waals surface area contributed by atoms with Crippen LogP contribution >= 0.6 is 0 Å². The Kier molecular flexibility index (Phi) is 5.92. The van der Waals surface area contributed by atoms with E-state index in [0.717, 1.165) is 5.56 Å². The molecule has 0 saturated heterocycles. The molecule has 0 radical (unpaired) electrons. The number of hydrogen-bond acceptors (Lipinski definition) is 4. The van der Waals surface area contributed by atoms with E-state index in [0.29, 0.717) is 22.7 Å². The summed E-state index contributed by atoms with van der Waals surface area (Å²) in [6.45, 7) is 8.78. The van der Waals surface area contributed by atoms with Gasteiger partial charge in [-0.25, -0.2) is 8.42 Å². The van der Waals surface area contributed by atoms with Crippen LogP contribution in [0, 0.1) is 13.8 Å². The molecule has 7 heteroatoms. The highest BCUT2D eigenvalue weighted by Gasteiger charge is 2.18. The van der Waals surface area contributed by atoms with E-state index >= 15 is 0 Å². The summed E-state index contributed by atoms with van der Waals surface area (Å²) in [6, 6.07) is 9.80. The zero-order chi connectivity index (χ0) is 19.5. The fraction of sp³-hybridized carbons (Fsp3) is 0.316. The molecule has 0 heterocycles. The predicted molar refractivity (Wildman–Crippen MR) is 103 cm³/mol. The number of rotatable bonds is 6. The van der Waals surface area contributed by atoms with Gasteiger partial charge in [-0.15, -0.1) is 0 Å². The number of carbonyl (C=O) groups excluding carboxylic acids is 1. The Morgan fingerprint density at radius 3 is 2.31 bits per heavy atom. The fourth-order valence-corrected chi connectivity index (χ4v) is 3.66. The second-order valence-electron chi connectivity index (χ2n) is 6.36. The molecular weight excluding hydrogens is 352 g/mol. The van der Waals surface area contributed by atoms with Gasteiger partial charge in [-0.2, -0.15) is 0 Å². The van der Waals surface area contributed by atoms with Crippen LogP contribution in [0.5, 0.6) is 5.75 Å². The molecular formula is C19H24N2O4S. The van der Waals surface area contributed by atoms with E-state index in [4.69, 9.17) is 4.74 Å². The van der Waals surface area contributed by atoms with Crippen LogP contribution in [-0.4, -0.2) is 20.4 Å². The molecule has 2 aromatic rings. The van der Waals surface area contributed by atoms with Crippen molar-refractivity contribution in [1.29, 1.82) is 0 Å². The Labute approximate surface area is 154 Å². The van der Waals surface area contributed by atoms with Gasteiger partial charge < -0.3 is 10.1 Å². The Morgan fingerprint density at radius 1 is 1.08 bits per heavy atom. The monoisotopic (exact) mass is 376 g/mol. The molecule has 0 aliphatic heterocycles. The molecule has 0 bridgehead atoms. The molecule has 2 rings (SSSR count). The quantitative estimate of drug-likeness (QED) is 0.802. The average Bonchev–Trinajstić information content (AvgIpc) is 2.52. The van der Waals surface area contributed by atoms with Crippen LogP contribution in [0.25, 0.3) is 0 Å². The first-order valence-electron chi connectivity index (χ1n) is 8.27. The third kappa shape index (κ3) is 4.76. The van der Waals surface area contributed by atoms with Crippen LogP contribution in [0.3, 0.4) is 0 Å². The molecule has 0 aromatic heterocycles. The van der Waals surface area contributed by atoms with E-state index in [1.54, 1.807) is 44.2 Å². The minimum atomic E-state index is -3.77. The normalized spacial score (nSPS) is 11.3. The van der Waals surface area contributed by atoms with Crippen LogP contribution in [0.2, 0.25) is 0 Å². The molecule has 0 aliphatic carbocycles. The van der Waals surface area contributed by atoms with Crippen molar-refractivity contribution in [3.8, 4) is 5.75 Å². The molecule has 0 fully saturated rings. The van der Waals surface area contributed by atoms with Crippen molar-refractivity contribution in [2.45, 2.75) is 45.6 Å². The predicted octanol–water partition coefficient (Wildman–Crippen LogP) is 3.85. The van der Waals surface area contributed by atoms with E-state index in [9.17, 15) is 13.2 Å². The molecule has 2 N–H and O–H groups in total. The number of sulfonamides is 1. The highest BCUT2D eigenvalue weighted by molar-refractivity contribution is 7.92. The zero-order valence-electron chi connectivity index (χ0n) is 15.6. The van der Waals surface area contributed by atoms with Crippen LogP contribution in [0.15, 0.2) is 41.3 Å². The average molecular weight is 376 g/mol. The molecule has 1 amide bonds. The molecule has 0 spiro atoms. The standard InChI is InChI=1S/C19H24N2O4S/c1-12(2)25-19-10-9-16(11-13(19)3)26(23,24)21-18-8-6-7-17(14(18)4)20-15(5)22/h6-12,21H,1-5H3,(H,20,22). The first-order valence-corrected chi connectivity index (χ1v) is 9.76. The van der Waals surface area contributed by atoms with Gasteiger partial charge in [0.2, 0.25) is 5.91 Å². The maximum absolute atomic E-state index is 12.7. The lowest BCUT2D eigenvalue weighted by molar-refractivity contribution is -0.114. The van der Waals surface area contributed by atoms with Crippen LogP contribution in [-0.2, 0) is 14.8 Å². The van der Waals surface area contributed by atoms with Crippen molar-refractivity contribution in [3.05, 3.63) is 47.5 Å². The van der Waals surface area contributed by atoms with Crippen molar-refractivity contribution in [2.24, 2.45) is 0 Å². The van der Waals surface area contributed by atoms with Gasteiger partial charge in [-0.1, -0.05) is 6.07 Å². The summed E-state index contributed by atoms with van der Waals surface area (Å²) < 4.78 is 33.7. The van der Waals surface area contributed by atoms with Gasteiger partial charge in [0.25, 0.3) is 10.0 Å². The summed E-state index contributed by atoms with van der Waals surface area (Å²) in [4.78, 5) is 11.4. The maximum Gasteiger partial charge on any atom is 0.261 e. The van der Waals surface area contributed by atoms with Crippen LogP contribution in [0.1, 0.15) is 31.9 Å². The maximum atomic E-state index is 12.7. The number of anilines is 2. The Hall–Kier alpha value is -2.54. The van der Waals surface area contributed by atoms with E-state index in [1.165, 1.54) is 13.0 Å². The van der Waals surface area contributed by atoms with Gasteiger partial charge in [0.05, 0.1) is 16.7 Å². The van der Waals surface area contributed by atoms with Crippen LogP contribution in [0.4, 0.5) is 11.4 Å². The van der Waals surface area contributed by atoms with Crippen molar-refractivity contribution in [2.75, 3.05) is 10.0 Å². The smallest absolute Gasteiger partial charge is 0.261 e. The first-order chi connectivity index (χ1) is 12.1. The number of amides is 1. The Bertz CT molecular complexity index is 921. The summed E-state index contributed by atoms with van der Waals surface area (Å²) >= 11 is 0. The van der Waals surface area contributed by atoms with E-state index in [-0.39, 0.29) is 16.9 Å². The summed E-state index contributed by atoms with van der Waals surface area (Å²) in [5.74, 6) is 0.437. The Balaban J connectivity index is 2.32. The molecule has 0 unspecified atom stereocenters. The second kappa shape index (κ2) is 7.78. The van der Waals surface area contributed by atoms with Gasteiger partial charge in [-0.05, 0) is 69.2 Å². The van der Waals surface area contributed by atoms with E-state index in [1.807, 2.05) is 13.8 Å². The van der Waals surface area contributed by atoms with Gasteiger partial charge >= 0.3 is 0 Å². The SMILES string of the molecule is CC(=O)Nc1cccc(NS(=O)(=O)c2ccc(OC(C)C)c(C)c2)c1C. The van der Waals surface area contributed by atoms with Gasteiger partial charge in [0, 0.05) is 12.6 Å². The molecule has 2 aromatic carbocycles. The van der Waals surface area contributed by atoms with E-state index < -0.39 is 10.0 Å². The lowest BCUT2D eigenvalue weighted by Gasteiger charge is -2.16. The first kappa shape index (κ1) is 19.8. The number of aryl methyl sites for hydroxylation is 1. The third-order valence-electron chi connectivity index (χ3n) is 3.71.